The fourth-order valence-electron chi connectivity index (χ4n) is 4.73. The number of hydrogen-bond donors (Lipinski definition) is 2. The van der Waals surface area contributed by atoms with Gasteiger partial charge in [0.25, 0.3) is 0 Å². The summed E-state index contributed by atoms with van der Waals surface area (Å²) in [5.41, 5.74) is 1.63. The van der Waals surface area contributed by atoms with Gasteiger partial charge in [-0.05, 0) is 56.0 Å². The highest BCUT2D eigenvalue weighted by Crippen LogP contribution is 2.29. The zero-order valence-corrected chi connectivity index (χ0v) is 19.3. The summed E-state index contributed by atoms with van der Waals surface area (Å²) in [5.74, 6) is 0.777. The molecule has 2 N–H and O–H groups in total. The standard InChI is InChI=1S/C26H36N2O4/c1-21-6-5-8-23(16-21)28-12-10-25(29,11-13-28)17-27-14-15-31-19-26(30,18-27)20-32-24-9-4-3-7-22(24)2/h3-9,16,29-30H,10-15,17-20H2,1-2H3/t26-/m0/s1. The number of para-hydroxylation sites is 1. The van der Waals surface area contributed by atoms with Gasteiger partial charge in [0.05, 0.1) is 18.8 Å². The van der Waals surface area contributed by atoms with E-state index in [-0.39, 0.29) is 13.2 Å². The SMILES string of the molecule is Cc1cccc(N2CCC(O)(CN3CCOC[C@](O)(COc4ccccc4C)C3)CC2)c1. The first-order chi connectivity index (χ1) is 15.3. The molecule has 32 heavy (non-hydrogen) atoms. The van der Waals surface area contributed by atoms with Crippen LogP contribution in [0.2, 0.25) is 0 Å². The topological polar surface area (TPSA) is 65.4 Å². The van der Waals surface area contributed by atoms with Crippen LogP contribution in [0.4, 0.5) is 5.69 Å². The quantitative estimate of drug-likeness (QED) is 0.720. The Bertz CT molecular complexity index is 897. The van der Waals surface area contributed by atoms with Crippen molar-refractivity contribution in [2.24, 2.45) is 0 Å². The van der Waals surface area contributed by atoms with Gasteiger partial charge in [0.2, 0.25) is 0 Å². The molecule has 0 saturated carbocycles. The van der Waals surface area contributed by atoms with E-state index < -0.39 is 11.2 Å². The average molecular weight is 441 g/mol. The van der Waals surface area contributed by atoms with Crippen molar-refractivity contribution in [1.82, 2.24) is 4.90 Å². The molecule has 1 atom stereocenters. The summed E-state index contributed by atoms with van der Waals surface area (Å²) >= 11 is 0. The predicted octanol–water partition coefficient (Wildman–Crippen LogP) is 2.78. The van der Waals surface area contributed by atoms with Crippen LogP contribution in [-0.2, 0) is 4.74 Å². The van der Waals surface area contributed by atoms with Gasteiger partial charge in [0, 0.05) is 38.4 Å². The van der Waals surface area contributed by atoms with E-state index in [1.807, 2.05) is 31.2 Å². The maximum atomic E-state index is 11.3. The zero-order chi connectivity index (χ0) is 22.6. The van der Waals surface area contributed by atoms with Crippen molar-refractivity contribution in [2.45, 2.75) is 37.9 Å². The summed E-state index contributed by atoms with van der Waals surface area (Å²) in [7, 11) is 0. The number of hydrogen-bond acceptors (Lipinski definition) is 6. The lowest BCUT2D eigenvalue weighted by molar-refractivity contribution is -0.0743. The first-order valence-corrected chi connectivity index (χ1v) is 11.6. The van der Waals surface area contributed by atoms with Crippen LogP contribution in [-0.4, -0.2) is 78.9 Å². The van der Waals surface area contributed by atoms with E-state index >= 15 is 0 Å². The second kappa shape index (κ2) is 9.79. The number of nitrogens with zero attached hydrogens (tertiary/aromatic N) is 2. The molecule has 174 valence electrons. The molecule has 2 saturated heterocycles. The van der Waals surface area contributed by atoms with E-state index in [1.54, 1.807) is 0 Å². The Morgan fingerprint density at radius 1 is 0.969 bits per heavy atom. The summed E-state index contributed by atoms with van der Waals surface area (Å²) in [6, 6.07) is 16.3. The molecule has 2 aromatic rings. The van der Waals surface area contributed by atoms with E-state index in [4.69, 9.17) is 9.47 Å². The molecular weight excluding hydrogens is 404 g/mol. The highest BCUT2D eigenvalue weighted by Gasteiger charge is 2.39. The summed E-state index contributed by atoms with van der Waals surface area (Å²) in [4.78, 5) is 4.48. The smallest absolute Gasteiger partial charge is 0.134 e. The fourth-order valence-corrected chi connectivity index (χ4v) is 4.73. The maximum absolute atomic E-state index is 11.3. The molecule has 0 aromatic heterocycles. The molecule has 2 fully saturated rings. The van der Waals surface area contributed by atoms with E-state index in [0.29, 0.717) is 39.1 Å². The Kier molecular flexibility index (Phi) is 7.05. The Labute approximate surface area is 191 Å². The van der Waals surface area contributed by atoms with Crippen LogP contribution in [0.25, 0.3) is 0 Å². The Hall–Kier alpha value is -2.12. The second-order valence-corrected chi connectivity index (χ2v) is 9.59. The van der Waals surface area contributed by atoms with Crippen LogP contribution < -0.4 is 9.64 Å². The molecule has 0 amide bonds. The second-order valence-electron chi connectivity index (χ2n) is 9.59. The summed E-state index contributed by atoms with van der Waals surface area (Å²) in [5, 5.41) is 22.5. The number of ether oxygens (including phenoxy) is 2. The molecule has 2 aliphatic heterocycles. The van der Waals surface area contributed by atoms with E-state index in [9.17, 15) is 10.2 Å². The van der Waals surface area contributed by atoms with Crippen molar-refractivity contribution in [3.05, 3.63) is 59.7 Å². The minimum Gasteiger partial charge on any atom is -0.490 e. The Morgan fingerprint density at radius 3 is 2.50 bits per heavy atom. The number of benzene rings is 2. The number of β-amino-alcohol motifs (C(OH)–C–C–N with tert-alkyl or cyclic N) is 2. The monoisotopic (exact) mass is 440 g/mol. The zero-order valence-electron chi connectivity index (χ0n) is 19.3. The number of piperidine rings is 1. The van der Waals surface area contributed by atoms with Crippen LogP contribution in [0, 0.1) is 13.8 Å². The normalized spacial score (nSPS) is 24.2. The lowest BCUT2D eigenvalue weighted by Gasteiger charge is -2.42. The van der Waals surface area contributed by atoms with Crippen LogP contribution in [0.5, 0.6) is 5.75 Å². The third-order valence-electron chi connectivity index (χ3n) is 6.61. The van der Waals surface area contributed by atoms with Crippen LogP contribution >= 0.6 is 0 Å². The molecule has 0 radical (unpaired) electrons. The first-order valence-electron chi connectivity index (χ1n) is 11.6. The fraction of sp³-hybridized carbons (Fsp3) is 0.538. The third-order valence-corrected chi connectivity index (χ3v) is 6.61. The largest absolute Gasteiger partial charge is 0.490 e. The van der Waals surface area contributed by atoms with Crippen molar-refractivity contribution in [1.29, 1.82) is 0 Å². The molecule has 6 heteroatoms. The lowest BCUT2D eigenvalue weighted by atomic mass is 9.90. The highest BCUT2D eigenvalue weighted by molar-refractivity contribution is 5.48. The van der Waals surface area contributed by atoms with Gasteiger partial charge in [-0.15, -0.1) is 0 Å². The molecule has 2 aliphatic rings. The number of aryl methyl sites for hydroxylation is 2. The summed E-state index contributed by atoms with van der Waals surface area (Å²) in [6.07, 6.45) is 1.41. The molecule has 0 bridgehead atoms. The van der Waals surface area contributed by atoms with Gasteiger partial charge in [-0.3, -0.25) is 4.90 Å². The van der Waals surface area contributed by atoms with Crippen LogP contribution in [0.15, 0.2) is 48.5 Å². The van der Waals surface area contributed by atoms with Crippen molar-refractivity contribution in [3.63, 3.8) is 0 Å². The molecular formula is C26H36N2O4. The molecule has 0 unspecified atom stereocenters. The molecule has 2 heterocycles. The third kappa shape index (κ3) is 5.81. The maximum Gasteiger partial charge on any atom is 0.134 e. The molecule has 2 aromatic carbocycles. The van der Waals surface area contributed by atoms with Crippen molar-refractivity contribution in [2.75, 3.05) is 57.4 Å². The molecule has 0 spiro atoms. The lowest BCUT2D eigenvalue weighted by Crippen LogP contribution is -2.55. The first kappa shape index (κ1) is 23.1. The Morgan fingerprint density at radius 2 is 1.75 bits per heavy atom. The Balaban J connectivity index is 1.34. The molecule has 4 rings (SSSR count). The van der Waals surface area contributed by atoms with Crippen LogP contribution in [0.1, 0.15) is 24.0 Å². The predicted molar refractivity (Wildman–Crippen MR) is 126 cm³/mol. The number of rotatable bonds is 6. The van der Waals surface area contributed by atoms with Crippen molar-refractivity contribution in [3.8, 4) is 5.75 Å². The van der Waals surface area contributed by atoms with Gasteiger partial charge in [-0.25, -0.2) is 0 Å². The summed E-state index contributed by atoms with van der Waals surface area (Å²) < 4.78 is 11.7. The van der Waals surface area contributed by atoms with E-state index in [1.165, 1.54) is 11.3 Å². The van der Waals surface area contributed by atoms with Gasteiger partial charge in [0.15, 0.2) is 0 Å². The number of anilines is 1. The van der Waals surface area contributed by atoms with Gasteiger partial charge in [0.1, 0.15) is 18.0 Å². The van der Waals surface area contributed by atoms with Crippen LogP contribution in [0.3, 0.4) is 0 Å². The minimum absolute atomic E-state index is 0.161. The van der Waals surface area contributed by atoms with Gasteiger partial charge in [-0.1, -0.05) is 30.3 Å². The van der Waals surface area contributed by atoms with E-state index in [0.717, 1.165) is 24.4 Å². The van der Waals surface area contributed by atoms with E-state index in [2.05, 4.69) is 41.0 Å². The molecule has 0 aliphatic carbocycles. The van der Waals surface area contributed by atoms with Crippen molar-refractivity contribution >= 4 is 5.69 Å². The van der Waals surface area contributed by atoms with Gasteiger partial charge < -0.3 is 24.6 Å². The average Bonchev–Trinajstić information content (AvgIpc) is 2.94. The minimum atomic E-state index is -1.11. The highest BCUT2D eigenvalue weighted by atomic mass is 16.5. The number of aliphatic hydroxyl groups is 2. The molecule has 6 nitrogen and oxygen atoms in total. The van der Waals surface area contributed by atoms with Crippen molar-refractivity contribution < 1.29 is 19.7 Å². The van der Waals surface area contributed by atoms with Gasteiger partial charge in [-0.2, -0.15) is 0 Å². The van der Waals surface area contributed by atoms with Gasteiger partial charge >= 0.3 is 0 Å². The summed E-state index contributed by atoms with van der Waals surface area (Å²) in [6.45, 7) is 8.32.